The third-order valence-corrected chi connectivity index (χ3v) is 4.42. The van der Waals surface area contributed by atoms with Crippen molar-refractivity contribution in [1.82, 2.24) is 10.2 Å². The number of amides is 2. The Kier molecular flexibility index (Phi) is 5.45. The lowest BCUT2D eigenvalue weighted by Gasteiger charge is -2.38. The van der Waals surface area contributed by atoms with Crippen molar-refractivity contribution in [2.45, 2.75) is 51.0 Å². The molecule has 0 aromatic rings. The van der Waals surface area contributed by atoms with Gasteiger partial charge in [0.15, 0.2) is 0 Å². The van der Waals surface area contributed by atoms with E-state index in [0.717, 1.165) is 38.8 Å². The number of nitrogens with one attached hydrogen (secondary N) is 1. The quantitative estimate of drug-likeness (QED) is 0.830. The minimum atomic E-state index is -0.761. The van der Waals surface area contributed by atoms with Gasteiger partial charge in [0.25, 0.3) is 0 Å². The van der Waals surface area contributed by atoms with Crippen LogP contribution in [0, 0.1) is 5.92 Å². The zero-order chi connectivity index (χ0) is 15.3. The Morgan fingerprint density at radius 3 is 2.90 bits per heavy atom. The van der Waals surface area contributed by atoms with Crippen LogP contribution in [0.4, 0.5) is 4.79 Å². The van der Waals surface area contributed by atoms with Crippen molar-refractivity contribution in [1.29, 1.82) is 0 Å². The first-order valence-electron chi connectivity index (χ1n) is 7.85. The molecular weight excluding hydrogens is 272 g/mol. The number of likely N-dealkylation sites (tertiary alicyclic amines) is 1. The molecule has 0 saturated carbocycles. The molecule has 2 N–H and O–H groups in total. The van der Waals surface area contributed by atoms with Crippen LogP contribution in [-0.2, 0) is 9.53 Å². The van der Waals surface area contributed by atoms with Crippen LogP contribution in [0.15, 0.2) is 0 Å². The summed E-state index contributed by atoms with van der Waals surface area (Å²) in [5.74, 6) is -0.459. The molecule has 0 spiro atoms. The predicted molar refractivity (Wildman–Crippen MR) is 78.2 cm³/mol. The summed E-state index contributed by atoms with van der Waals surface area (Å²) in [7, 11) is 0. The number of ether oxygens (including phenoxy) is 1. The number of aliphatic carboxylic acids is 1. The molecule has 2 saturated heterocycles. The van der Waals surface area contributed by atoms with Gasteiger partial charge in [-0.3, -0.25) is 4.79 Å². The Morgan fingerprint density at radius 2 is 2.24 bits per heavy atom. The molecule has 120 valence electrons. The zero-order valence-electron chi connectivity index (χ0n) is 12.8. The van der Waals surface area contributed by atoms with Gasteiger partial charge >= 0.3 is 12.0 Å². The Balaban J connectivity index is 1.82. The van der Waals surface area contributed by atoms with Gasteiger partial charge in [0.05, 0.1) is 12.1 Å². The average molecular weight is 298 g/mol. The summed E-state index contributed by atoms with van der Waals surface area (Å²) in [5, 5.41) is 11.9. The molecule has 2 aliphatic heterocycles. The predicted octanol–water partition coefficient (Wildman–Crippen LogP) is 1.84. The van der Waals surface area contributed by atoms with E-state index in [1.165, 1.54) is 0 Å². The number of nitrogens with zero attached hydrogens (tertiary/aromatic N) is 1. The number of rotatable bonds is 4. The first kappa shape index (κ1) is 16.1. The maximum absolute atomic E-state index is 12.4. The maximum Gasteiger partial charge on any atom is 0.317 e. The minimum Gasteiger partial charge on any atom is -0.481 e. The SMILES string of the molecule is CC1(NC(=O)N2CCCC(CCC(=O)O)C2)CCCOC1. The van der Waals surface area contributed by atoms with Crippen LogP contribution in [0.2, 0.25) is 0 Å². The minimum absolute atomic E-state index is 0.0389. The molecule has 0 aliphatic carbocycles. The van der Waals surface area contributed by atoms with Gasteiger partial charge in [-0.1, -0.05) is 0 Å². The Labute approximate surface area is 125 Å². The van der Waals surface area contributed by atoms with Crippen LogP contribution in [0.25, 0.3) is 0 Å². The van der Waals surface area contributed by atoms with Gasteiger partial charge in [-0.15, -0.1) is 0 Å². The molecule has 2 heterocycles. The number of carbonyl (C=O) groups excluding carboxylic acids is 1. The molecule has 0 radical (unpaired) electrons. The van der Waals surface area contributed by atoms with E-state index in [2.05, 4.69) is 5.32 Å². The average Bonchev–Trinajstić information content (AvgIpc) is 2.45. The molecule has 0 aromatic carbocycles. The second-order valence-electron chi connectivity index (χ2n) is 6.53. The molecule has 2 rings (SSSR count). The van der Waals surface area contributed by atoms with E-state index in [1.807, 2.05) is 11.8 Å². The third kappa shape index (κ3) is 4.88. The number of hydrogen-bond donors (Lipinski definition) is 2. The standard InChI is InChI=1S/C15H26N2O4/c1-15(7-3-9-21-11-15)16-14(20)17-8-2-4-12(10-17)5-6-13(18)19/h12H,2-11H2,1H3,(H,16,20)(H,18,19). The van der Waals surface area contributed by atoms with Crippen molar-refractivity contribution in [2.75, 3.05) is 26.3 Å². The Hall–Kier alpha value is -1.30. The highest BCUT2D eigenvalue weighted by molar-refractivity contribution is 5.75. The highest BCUT2D eigenvalue weighted by Crippen LogP contribution is 2.23. The largest absolute Gasteiger partial charge is 0.481 e. The number of carboxylic acid groups (broad SMARTS) is 1. The van der Waals surface area contributed by atoms with Crippen LogP contribution in [-0.4, -0.2) is 53.8 Å². The van der Waals surface area contributed by atoms with Crippen molar-refractivity contribution < 1.29 is 19.4 Å². The van der Waals surface area contributed by atoms with E-state index in [1.54, 1.807) is 0 Å². The Bertz CT molecular complexity index is 380. The van der Waals surface area contributed by atoms with Crippen molar-refractivity contribution >= 4 is 12.0 Å². The molecule has 2 atom stereocenters. The van der Waals surface area contributed by atoms with E-state index >= 15 is 0 Å². The Morgan fingerprint density at radius 1 is 1.43 bits per heavy atom. The molecular formula is C15H26N2O4. The smallest absolute Gasteiger partial charge is 0.317 e. The second kappa shape index (κ2) is 7.11. The zero-order valence-corrected chi connectivity index (χ0v) is 12.8. The van der Waals surface area contributed by atoms with E-state index in [0.29, 0.717) is 25.5 Å². The monoisotopic (exact) mass is 298 g/mol. The van der Waals surface area contributed by atoms with Gasteiger partial charge in [0.1, 0.15) is 0 Å². The molecule has 2 amide bonds. The highest BCUT2D eigenvalue weighted by atomic mass is 16.5. The molecule has 6 heteroatoms. The first-order chi connectivity index (χ1) is 9.98. The molecule has 2 unspecified atom stereocenters. The van der Waals surface area contributed by atoms with Crippen LogP contribution in [0.5, 0.6) is 0 Å². The van der Waals surface area contributed by atoms with Crippen molar-refractivity contribution in [2.24, 2.45) is 5.92 Å². The summed E-state index contributed by atoms with van der Waals surface area (Å²) in [5.41, 5.74) is -0.274. The molecule has 2 fully saturated rings. The van der Waals surface area contributed by atoms with E-state index in [-0.39, 0.29) is 18.0 Å². The fraction of sp³-hybridized carbons (Fsp3) is 0.867. The van der Waals surface area contributed by atoms with Gasteiger partial charge in [0.2, 0.25) is 0 Å². The molecule has 21 heavy (non-hydrogen) atoms. The molecule has 2 aliphatic rings. The highest BCUT2D eigenvalue weighted by Gasteiger charge is 2.32. The first-order valence-corrected chi connectivity index (χ1v) is 7.85. The fourth-order valence-corrected chi connectivity index (χ4v) is 3.18. The van der Waals surface area contributed by atoms with Crippen molar-refractivity contribution in [3.05, 3.63) is 0 Å². The van der Waals surface area contributed by atoms with Gasteiger partial charge < -0.3 is 20.1 Å². The number of carboxylic acids is 1. The fourth-order valence-electron chi connectivity index (χ4n) is 3.18. The van der Waals surface area contributed by atoms with E-state index < -0.39 is 5.97 Å². The van der Waals surface area contributed by atoms with Gasteiger partial charge in [-0.2, -0.15) is 0 Å². The summed E-state index contributed by atoms with van der Waals surface area (Å²) < 4.78 is 5.46. The number of urea groups is 1. The van der Waals surface area contributed by atoms with E-state index in [9.17, 15) is 9.59 Å². The van der Waals surface area contributed by atoms with Crippen molar-refractivity contribution in [3.8, 4) is 0 Å². The molecule has 6 nitrogen and oxygen atoms in total. The number of piperidine rings is 1. The lowest BCUT2D eigenvalue weighted by Crippen LogP contribution is -2.56. The van der Waals surface area contributed by atoms with Crippen LogP contribution < -0.4 is 5.32 Å². The summed E-state index contributed by atoms with van der Waals surface area (Å²) in [4.78, 5) is 24.9. The lowest BCUT2D eigenvalue weighted by molar-refractivity contribution is -0.137. The van der Waals surface area contributed by atoms with Gasteiger partial charge in [-0.05, 0) is 44.9 Å². The summed E-state index contributed by atoms with van der Waals surface area (Å²) >= 11 is 0. The van der Waals surface area contributed by atoms with E-state index in [4.69, 9.17) is 9.84 Å². The molecule has 0 bridgehead atoms. The van der Waals surface area contributed by atoms with Crippen molar-refractivity contribution in [3.63, 3.8) is 0 Å². The van der Waals surface area contributed by atoms with Gasteiger partial charge in [0, 0.05) is 26.1 Å². The number of carbonyl (C=O) groups is 2. The molecule has 0 aromatic heterocycles. The van der Waals surface area contributed by atoms with Crippen LogP contribution >= 0.6 is 0 Å². The van der Waals surface area contributed by atoms with Crippen LogP contribution in [0.3, 0.4) is 0 Å². The topological polar surface area (TPSA) is 78.9 Å². The maximum atomic E-state index is 12.4. The summed E-state index contributed by atoms with van der Waals surface area (Å²) in [6, 6.07) is -0.0389. The third-order valence-electron chi connectivity index (χ3n) is 4.42. The normalized spacial score (nSPS) is 30.0. The number of hydrogen-bond acceptors (Lipinski definition) is 3. The van der Waals surface area contributed by atoms with Gasteiger partial charge in [-0.25, -0.2) is 4.79 Å². The van der Waals surface area contributed by atoms with Crippen LogP contribution in [0.1, 0.15) is 45.4 Å². The summed E-state index contributed by atoms with van der Waals surface area (Å²) in [6.07, 6.45) is 4.71. The second-order valence-corrected chi connectivity index (χ2v) is 6.53. The lowest BCUT2D eigenvalue weighted by atomic mass is 9.93. The summed E-state index contributed by atoms with van der Waals surface area (Å²) in [6.45, 7) is 4.78.